The molecular weight excluding hydrogens is 250 g/mol. The molecule has 0 unspecified atom stereocenters. The van der Waals surface area contributed by atoms with E-state index in [0.717, 1.165) is 0 Å². The highest BCUT2D eigenvalue weighted by Gasteiger charge is 2.13. The maximum atomic E-state index is 11.8. The van der Waals surface area contributed by atoms with E-state index in [1.807, 2.05) is 0 Å². The lowest BCUT2D eigenvalue weighted by atomic mass is 10.1. The second kappa shape index (κ2) is 4.81. The highest BCUT2D eigenvalue weighted by molar-refractivity contribution is 6.04. The molecule has 1 heterocycles. The van der Waals surface area contributed by atoms with Crippen LogP contribution in [0.3, 0.4) is 0 Å². The number of carbonyl (C=O) groups excluding carboxylic acids is 1. The van der Waals surface area contributed by atoms with E-state index in [1.54, 1.807) is 7.05 Å². The van der Waals surface area contributed by atoms with Gasteiger partial charge in [0.1, 0.15) is 11.3 Å². The second-order valence-electron chi connectivity index (χ2n) is 3.89. The van der Waals surface area contributed by atoms with Crippen LogP contribution < -0.4 is 5.32 Å². The van der Waals surface area contributed by atoms with Crippen LogP contribution in [0.25, 0.3) is 0 Å². The van der Waals surface area contributed by atoms with Gasteiger partial charge in [0.05, 0.1) is 11.8 Å². The van der Waals surface area contributed by atoms with Gasteiger partial charge >= 0.3 is 5.97 Å². The molecule has 3 N–H and O–H groups in total. The highest BCUT2D eigenvalue weighted by Crippen LogP contribution is 2.21. The number of anilines is 1. The number of amides is 1. The Morgan fingerprint density at radius 1 is 1.37 bits per heavy atom. The fourth-order valence-electron chi connectivity index (χ4n) is 1.53. The summed E-state index contributed by atoms with van der Waals surface area (Å²) in [6.07, 6.45) is 2.93. The van der Waals surface area contributed by atoms with E-state index in [-0.39, 0.29) is 17.0 Å². The van der Waals surface area contributed by atoms with Gasteiger partial charge in [-0.25, -0.2) is 4.79 Å². The lowest BCUT2D eigenvalue weighted by molar-refractivity contribution is 0.0693. The fraction of sp³-hybridized carbons (Fsp3) is 0.0833. The van der Waals surface area contributed by atoms with Crippen molar-refractivity contribution in [2.45, 2.75) is 0 Å². The van der Waals surface area contributed by atoms with Gasteiger partial charge in [-0.15, -0.1) is 0 Å². The lowest BCUT2D eigenvalue weighted by Crippen LogP contribution is -2.11. The summed E-state index contributed by atoms with van der Waals surface area (Å²) < 4.78 is 1.48. The molecule has 0 atom stereocenters. The van der Waals surface area contributed by atoms with Gasteiger partial charge in [0.25, 0.3) is 5.91 Å². The molecule has 0 saturated heterocycles. The monoisotopic (exact) mass is 261 g/mol. The van der Waals surface area contributed by atoms with Gasteiger partial charge in [0.2, 0.25) is 0 Å². The van der Waals surface area contributed by atoms with Crippen LogP contribution in [0.5, 0.6) is 5.75 Å². The van der Waals surface area contributed by atoms with Gasteiger partial charge in [-0.1, -0.05) is 0 Å². The summed E-state index contributed by atoms with van der Waals surface area (Å²) in [4.78, 5) is 22.7. The first-order valence-electron chi connectivity index (χ1n) is 5.33. The van der Waals surface area contributed by atoms with E-state index in [1.165, 1.54) is 35.3 Å². The number of carbonyl (C=O) groups is 2. The normalized spacial score (nSPS) is 10.2. The van der Waals surface area contributed by atoms with Crippen molar-refractivity contribution in [1.29, 1.82) is 0 Å². The minimum atomic E-state index is -1.27. The molecule has 1 amide bonds. The molecule has 7 heteroatoms. The molecule has 98 valence electrons. The van der Waals surface area contributed by atoms with Crippen molar-refractivity contribution in [2.24, 2.45) is 7.05 Å². The first-order chi connectivity index (χ1) is 8.97. The molecule has 7 nitrogen and oxygen atoms in total. The van der Waals surface area contributed by atoms with Crippen molar-refractivity contribution in [3.05, 3.63) is 41.7 Å². The molecule has 0 aliphatic carbocycles. The van der Waals surface area contributed by atoms with Gasteiger partial charge in [0.15, 0.2) is 0 Å². The summed E-state index contributed by atoms with van der Waals surface area (Å²) in [6, 6.07) is 3.81. The molecule has 2 aromatic rings. The van der Waals surface area contributed by atoms with E-state index >= 15 is 0 Å². The molecule has 0 saturated carbocycles. The van der Waals surface area contributed by atoms with Crippen molar-refractivity contribution in [3.63, 3.8) is 0 Å². The molecule has 0 aliphatic rings. The second-order valence-corrected chi connectivity index (χ2v) is 3.89. The Balaban J connectivity index is 2.22. The molecule has 0 aliphatic heterocycles. The Labute approximate surface area is 108 Å². The largest absolute Gasteiger partial charge is 0.507 e. The van der Waals surface area contributed by atoms with Crippen molar-refractivity contribution >= 4 is 17.6 Å². The zero-order valence-electron chi connectivity index (χ0n) is 9.99. The summed E-state index contributed by atoms with van der Waals surface area (Å²) in [7, 11) is 1.68. The van der Waals surface area contributed by atoms with Crippen LogP contribution in [-0.4, -0.2) is 31.9 Å². The van der Waals surface area contributed by atoms with Crippen molar-refractivity contribution in [2.75, 3.05) is 5.32 Å². The summed E-state index contributed by atoms with van der Waals surface area (Å²) in [5.74, 6) is -2.03. The van der Waals surface area contributed by atoms with Gasteiger partial charge in [-0.05, 0) is 18.2 Å². The van der Waals surface area contributed by atoms with E-state index in [0.29, 0.717) is 5.56 Å². The maximum Gasteiger partial charge on any atom is 0.339 e. The number of carboxylic acids is 1. The third-order valence-corrected chi connectivity index (χ3v) is 2.45. The molecule has 0 bridgehead atoms. The number of carboxylic acid groups (broad SMARTS) is 1. The van der Waals surface area contributed by atoms with Crippen LogP contribution >= 0.6 is 0 Å². The molecule has 1 aromatic heterocycles. The number of nitrogens with one attached hydrogen (secondary N) is 1. The Kier molecular flexibility index (Phi) is 3.19. The van der Waals surface area contributed by atoms with E-state index in [4.69, 9.17) is 5.11 Å². The number of aromatic hydroxyl groups is 1. The van der Waals surface area contributed by atoms with Gasteiger partial charge in [0, 0.05) is 18.9 Å². The first-order valence-corrected chi connectivity index (χ1v) is 5.33. The smallest absolute Gasteiger partial charge is 0.339 e. The SMILES string of the molecule is Cn1cc(C(=O)Nc2ccc(O)c(C(=O)O)c2)cn1. The summed E-state index contributed by atoms with van der Waals surface area (Å²) in [5, 5.41) is 24.6. The number of hydrogen-bond donors (Lipinski definition) is 3. The summed E-state index contributed by atoms with van der Waals surface area (Å²) in [5.41, 5.74) is 0.362. The predicted molar refractivity (Wildman–Crippen MR) is 66.2 cm³/mol. The van der Waals surface area contributed by atoms with Crippen LogP contribution in [0.15, 0.2) is 30.6 Å². The molecular formula is C12H11N3O4. The molecule has 0 spiro atoms. The third kappa shape index (κ3) is 2.71. The third-order valence-electron chi connectivity index (χ3n) is 2.45. The fourth-order valence-corrected chi connectivity index (χ4v) is 1.53. The molecule has 0 radical (unpaired) electrons. The molecule has 19 heavy (non-hydrogen) atoms. The number of benzene rings is 1. The zero-order valence-corrected chi connectivity index (χ0v) is 9.99. The average molecular weight is 261 g/mol. The van der Waals surface area contributed by atoms with Crippen molar-refractivity contribution < 1.29 is 19.8 Å². The zero-order chi connectivity index (χ0) is 14.0. The number of aromatic carboxylic acids is 1. The minimum Gasteiger partial charge on any atom is -0.507 e. The Hall–Kier alpha value is -2.83. The molecule has 2 rings (SSSR count). The standard InChI is InChI=1S/C12H11N3O4/c1-15-6-7(5-13-15)11(17)14-8-2-3-10(16)9(4-8)12(18)19/h2-6,16H,1H3,(H,14,17)(H,18,19). The van der Waals surface area contributed by atoms with Gasteiger partial charge in [-0.3, -0.25) is 9.48 Å². The number of aryl methyl sites for hydroxylation is 1. The van der Waals surface area contributed by atoms with Gasteiger partial charge in [-0.2, -0.15) is 5.10 Å². The number of phenols is 1. The van der Waals surface area contributed by atoms with E-state index in [2.05, 4.69) is 10.4 Å². The van der Waals surface area contributed by atoms with Crippen molar-refractivity contribution in [3.8, 4) is 5.75 Å². The lowest BCUT2D eigenvalue weighted by Gasteiger charge is -2.06. The minimum absolute atomic E-state index is 0.274. The highest BCUT2D eigenvalue weighted by atomic mass is 16.4. The Morgan fingerprint density at radius 3 is 2.68 bits per heavy atom. The van der Waals surface area contributed by atoms with E-state index < -0.39 is 11.9 Å². The number of hydrogen-bond acceptors (Lipinski definition) is 4. The molecule has 0 fully saturated rings. The Morgan fingerprint density at radius 2 is 2.11 bits per heavy atom. The van der Waals surface area contributed by atoms with E-state index in [9.17, 15) is 14.7 Å². The topological polar surface area (TPSA) is 104 Å². The predicted octanol–water partition coefficient (Wildman–Crippen LogP) is 1.08. The van der Waals surface area contributed by atoms with Crippen LogP contribution in [0.1, 0.15) is 20.7 Å². The number of nitrogens with zero attached hydrogens (tertiary/aromatic N) is 2. The Bertz CT molecular complexity index is 648. The van der Waals surface area contributed by atoms with Crippen LogP contribution in [0.4, 0.5) is 5.69 Å². The number of aromatic nitrogens is 2. The number of rotatable bonds is 3. The average Bonchev–Trinajstić information content (AvgIpc) is 2.78. The maximum absolute atomic E-state index is 11.8. The van der Waals surface area contributed by atoms with Crippen molar-refractivity contribution in [1.82, 2.24) is 9.78 Å². The van der Waals surface area contributed by atoms with Crippen LogP contribution in [-0.2, 0) is 7.05 Å². The quantitative estimate of drug-likeness (QED) is 0.717. The first kappa shape index (κ1) is 12.6. The molecule has 1 aromatic carbocycles. The van der Waals surface area contributed by atoms with Crippen LogP contribution in [0, 0.1) is 0 Å². The van der Waals surface area contributed by atoms with Crippen LogP contribution in [0.2, 0.25) is 0 Å². The summed E-state index contributed by atoms with van der Waals surface area (Å²) in [6.45, 7) is 0. The summed E-state index contributed by atoms with van der Waals surface area (Å²) >= 11 is 0. The van der Waals surface area contributed by atoms with Gasteiger partial charge < -0.3 is 15.5 Å².